The Hall–Kier alpha value is -1.14. The minimum absolute atomic E-state index is 0.0204. The first-order valence-corrected chi connectivity index (χ1v) is 9.60. The fourth-order valence-corrected chi connectivity index (χ4v) is 2.32. The Labute approximate surface area is 124 Å². The maximum absolute atomic E-state index is 12.5. The molecule has 0 aliphatic rings. The Bertz CT molecular complexity index is 499. The Kier molecular flexibility index (Phi) is 5.05. The largest absolute Gasteiger partial charge is 0.416 e. The van der Waals surface area contributed by atoms with Crippen molar-refractivity contribution >= 4 is 14.1 Å². The van der Waals surface area contributed by atoms with Crippen LogP contribution in [0, 0.1) is 0 Å². The zero-order valence-electron chi connectivity index (χ0n) is 13.0. The lowest BCUT2D eigenvalue weighted by atomic mass is 10.1. The molecule has 2 nitrogen and oxygen atoms in total. The molecule has 0 aliphatic heterocycles. The average Bonchev–Trinajstić information content (AvgIpc) is 2.34. The predicted octanol–water partition coefficient (Wildman–Crippen LogP) is 4.91. The summed E-state index contributed by atoms with van der Waals surface area (Å²) in [6.45, 7) is 10.1. The zero-order chi connectivity index (χ0) is 16.5. The molecule has 0 spiro atoms. The molecule has 1 aromatic rings. The second-order valence-electron chi connectivity index (χ2n) is 6.55. The number of rotatable bonds is 4. The molecule has 0 N–H and O–H groups in total. The molecular formula is C15H21F3O2Si. The van der Waals surface area contributed by atoms with E-state index in [2.05, 4.69) is 20.8 Å². The van der Waals surface area contributed by atoms with E-state index in [1.54, 1.807) is 0 Å². The third-order valence-electron chi connectivity index (χ3n) is 3.90. The van der Waals surface area contributed by atoms with Crippen LogP contribution in [0.5, 0.6) is 0 Å². The van der Waals surface area contributed by atoms with Gasteiger partial charge in [-0.2, -0.15) is 13.2 Å². The highest BCUT2D eigenvalue weighted by atomic mass is 28.4. The van der Waals surface area contributed by atoms with Crippen molar-refractivity contribution in [3.63, 3.8) is 0 Å². The van der Waals surface area contributed by atoms with E-state index in [9.17, 15) is 18.0 Å². The minimum Gasteiger partial charge on any atom is -0.409 e. The van der Waals surface area contributed by atoms with Gasteiger partial charge in [0.15, 0.2) is 14.1 Å². The Morgan fingerprint density at radius 1 is 1.10 bits per heavy atom. The van der Waals surface area contributed by atoms with Crippen LogP contribution in [0.2, 0.25) is 18.1 Å². The lowest BCUT2D eigenvalue weighted by Crippen LogP contribution is -2.42. The number of alkyl halides is 3. The first kappa shape index (κ1) is 17.9. The molecule has 1 rings (SSSR count). The van der Waals surface area contributed by atoms with Gasteiger partial charge in [-0.3, -0.25) is 4.79 Å². The summed E-state index contributed by atoms with van der Waals surface area (Å²) in [6.07, 6.45) is -4.39. The first-order valence-electron chi connectivity index (χ1n) is 6.69. The van der Waals surface area contributed by atoms with Crippen LogP contribution < -0.4 is 0 Å². The molecule has 118 valence electrons. The van der Waals surface area contributed by atoms with E-state index in [0.717, 1.165) is 12.1 Å². The zero-order valence-corrected chi connectivity index (χ0v) is 14.0. The molecule has 0 atom stereocenters. The van der Waals surface area contributed by atoms with Crippen LogP contribution in [0.4, 0.5) is 13.2 Å². The van der Waals surface area contributed by atoms with Gasteiger partial charge >= 0.3 is 6.18 Å². The molecule has 0 amide bonds. The van der Waals surface area contributed by atoms with Gasteiger partial charge in [-0.05, 0) is 30.3 Å². The van der Waals surface area contributed by atoms with E-state index < -0.39 is 20.1 Å². The maximum atomic E-state index is 12.5. The van der Waals surface area contributed by atoms with Gasteiger partial charge < -0.3 is 4.43 Å². The van der Waals surface area contributed by atoms with Crippen LogP contribution in [0.3, 0.4) is 0 Å². The van der Waals surface area contributed by atoms with Crippen LogP contribution in [-0.4, -0.2) is 20.7 Å². The van der Waals surface area contributed by atoms with Gasteiger partial charge in [0.05, 0.1) is 12.2 Å². The summed E-state index contributed by atoms with van der Waals surface area (Å²) in [5, 5.41) is -0.0204. The van der Waals surface area contributed by atoms with Crippen molar-refractivity contribution in [1.82, 2.24) is 0 Å². The van der Waals surface area contributed by atoms with Gasteiger partial charge in [-0.15, -0.1) is 0 Å². The molecule has 21 heavy (non-hydrogen) atoms. The van der Waals surface area contributed by atoms with E-state index in [-0.39, 0.29) is 23.0 Å². The Morgan fingerprint density at radius 3 is 1.95 bits per heavy atom. The smallest absolute Gasteiger partial charge is 0.409 e. The summed E-state index contributed by atoms with van der Waals surface area (Å²) in [4.78, 5) is 12.0. The summed E-state index contributed by atoms with van der Waals surface area (Å²) in [6, 6.07) is 4.22. The van der Waals surface area contributed by atoms with Gasteiger partial charge in [0.1, 0.15) is 0 Å². The van der Waals surface area contributed by atoms with E-state index in [1.165, 1.54) is 12.1 Å². The summed E-state index contributed by atoms with van der Waals surface area (Å²) >= 11 is 0. The highest BCUT2D eigenvalue weighted by molar-refractivity contribution is 6.74. The topological polar surface area (TPSA) is 26.3 Å². The molecule has 0 aromatic heterocycles. The Balaban J connectivity index is 2.74. The summed E-state index contributed by atoms with van der Waals surface area (Å²) in [5.74, 6) is -0.298. The lowest BCUT2D eigenvalue weighted by molar-refractivity contribution is -0.137. The molecule has 0 fully saturated rings. The monoisotopic (exact) mass is 318 g/mol. The molecule has 0 radical (unpaired) electrons. The van der Waals surface area contributed by atoms with E-state index in [1.807, 2.05) is 13.1 Å². The van der Waals surface area contributed by atoms with Crippen molar-refractivity contribution in [2.75, 3.05) is 6.61 Å². The normalized spacial score (nSPS) is 13.3. The van der Waals surface area contributed by atoms with Gasteiger partial charge in [-0.1, -0.05) is 32.9 Å². The number of halogens is 3. The molecular weight excluding hydrogens is 297 g/mol. The number of benzene rings is 1. The molecule has 1 aromatic carbocycles. The predicted molar refractivity (Wildman–Crippen MR) is 78.9 cm³/mol. The van der Waals surface area contributed by atoms with Crippen molar-refractivity contribution < 1.29 is 22.4 Å². The third kappa shape index (κ3) is 4.67. The number of carbonyl (C=O) groups excluding carboxylic acids is 1. The van der Waals surface area contributed by atoms with E-state index in [0.29, 0.717) is 0 Å². The minimum atomic E-state index is -4.39. The fourth-order valence-electron chi connectivity index (χ4n) is 1.39. The third-order valence-corrected chi connectivity index (χ3v) is 8.38. The highest BCUT2D eigenvalue weighted by Crippen LogP contribution is 2.36. The number of Topliss-reactive ketones (excluding diaryl/α,β-unsaturated/α-hetero) is 1. The number of carbonyl (C=O) groups is 1. The summed E-state index contributed by atoms with van der Waals surface area (Å²) in [7, 11) is -2.04. The van der Waals surface area contributed by atoms with Crippen molar-refractivity contribution in [3.8, 4) is 0 Å². The summed E-state index contributed by atoms with van der Waals surface area (Å²) < 4.78 is 43.1. The van der Waals surface area contributed by atoms with Crippen LogP contribution in [0.1, 0.15) is 36.7 Å². The Morgan fingerprint density at radius 2 is 1.57 bits per heavy atom. The highest BCUT2D eigenvalue weighted by Gasteiger charge is 2.37. The molecule has 0 bridgehead atoms. The average molecular weight is 318 g/mol. The van der Waals surface area contributed by atoms with Crippen LogP contribution >= 0.6 is 0 Å². The maximum Gasteiger partial charge on any atom is 0.416 e. The number of hydrogen-bond donors (Lipinski definition) is 0. The number of hydrogen-bond acceptors (Lipinski definition) is 2. The molecule has 0 unspecified atom stereocenters. The van der Waals surface area contributed by atoms with Gasteiger partial charge in [0.25, 0.3) is 0 Å². The quantitative estimate of drug-likeness (QED) is 0.582. The van der Waals surface area contributed by atoms with Crippen molar-refractivity contribution in [2.24, 2.45) is 0 Å². The standard InChI is InChI=1S/C15H21F3O2Si/c1-14(2,3)21(4,5)20-10-13(19)11-6-8-12(9-7-11)15(16,17)18/h6-9H,10H2,1-5H3. The number of ketones is 1. The van der Waals surface area contributed by atoms with Crippen LogP contribution in [0.15, 0.2) is 24.3 Å². The molecule has 0 heterocycles. The van der Waals surface area contributed by atoms with E-state index in [4.69, 9.17) is 4.43 Å². The molecule has 0 saturated carbocycles. The molecule has 0 saturated heterocycles. The second-order valence-corrected chi connectivity index (χ2v) is 11.4. The lowest BCUT2D eigenvalue weighted by Gasteiger charge is -2.35. The molecule has 6 heteroatoms. The second kappa shape index (κ2) is 5.92. The van der Waals surface area contributed by atoms with Crippen molar-refractivity contribution in [2.45, 2.75) is 45.1 Å². The summed E-state index contributed by atoms with van der Waals surface area (Å²) in [5.41, 5.74) is -0.522. The first-order chi connectivity index (χ1) is 9.34. The van der Waals surface area contributed by atoms with Crippen molar-refractivity contribution in [3.05, 3.63) is 35.4 Å². The van der Waals surface area contributed by atoms with Crippen molar-refractivity contribution in [1.29, 1.82) is 0 Å². The van der Waals surface area contributed by atoms with Crippen LogP contribution in [-0.2, 0) is 10.6 Å². The van der Waals surface area contributed by atoms with Gasteiger partial charge in [-0.25, -0.2) is 0 Å². The fraction of sp³-hybridized carbons (Fsp3) is 0.533. The van der Waals surface area contributed by atoms with Gasteiger partial charge in [0.2, 0.25) is 0 Å². The SMILES string of the molecule is CC(C)(C)[Si](C)(C)OCC(=O)c1ccc(C(F)(F)F)cc1. The van der Waals surface area contributed by atoms with E-state index >= 15 is 0 Å². The van der Waals surface area contributed by atoms with Crippen LogP contribution in [0.25, 0.3) is 0 Å². The molecule has 0 aliphatic carbocycles. The van der Waals surface area contributed by atoms with Gasteiger partial charge in [0, 0.05) is 5.56 Å².